The Morgan fingerprint density at radius 2 is 2.00 bits per heavy atom. The number of anilines is 1. The molecule has 4 rings (SSSR count). The van der Waals surface area contributed by atoms with Crippen molar-refractivity contribution >= 4 is 50.3 Å². The molecule has 2 aromatic heterocycles. The maximum atomic E-state index is 12.8. The lowest BCUT2D eigenvalue weighted by atomic mass is 10.2. The van der Waals surface area contributed by atoms with Gasteiger partial charge in [0.25, 0.3) is 5.56 Å². The second-order valence-electron chi connectivity index (χ2n) is 6.83. The SMILES string of the molecule is CCn1c(SCC(=O)N2CCN(c3cnccn3)CC2)nc2ccc(Br)cc2c1=O. The summed E-state index contributed by atoms with van der Waals surface area (Å²) < 4.78 is 2.46. The van der Waals surface area contributed by atoms with Gasteiger partial charge in [-0.25, -0.2) is 9.97 Å². The molecule has 0 spiro atoms. The zero-order valence-corrected chi connectivity index (χ0v) is 18.9. The Balaban J connectivity index is 1.42. The van der Waals surface area contributed by atoms with E-state index in [1.807, 2.05) is 24.0 Å². The number of rotatable bonds is 5. The van der Waals surface area contributed by atoms with Gasteiger partial charge in [-0.3, -0.25) is 19.1 Å². The summed E-state index contributed by atoms with van der Waals surface area (Å²) in [6.07, 6.45) is 5.06. The normalized spacial score (nSPS) is 14.3. The molecule has 1 saturated heterocycles. The van der Waals surface area contributed by atoms with Crippen LogP contribution in [0.1, 0.15) is 6.92 Å². The van der Waals surface area contributed by atoms with Gasteiger partial charge in [0.2, 0.25) is 5.91 Å². The lowest BCUT2D eigenvalue weighted by molar-refractivity contribution is -0.128. The molecule has 0 unspecified atom stereocenters. The Morgan fingerprint density at radius 3 is 2.70 bits per heavy atom. The number of halogens is 1. The maximum absolute atomic E-state index is 12.8. The molecule has 10 heteroatoms. The number of thioether (sulfide) groups is 1. The Hall–Kier alpha value is -2.46. The molecule has 30 heavy (non-hydrogen) atoms. The molecule has 0 saturated carbocycles. The summed E-state index contributed by atoms with van der Waals surface area (Å²) in [5.74, 6) is 1.13. The van der Waals surface area contributed by atoms with Crippen LogP contribution in [0.4, 0.5) is 5.82 Å². The highest BCUT2D eigenvalue weighted by molar-refractivity contribution is 9.10. The number of hydrogen-bond donors (Lipinski definition) is 0. The van der Waals surface area contributed by atoms with Crippen molar-refractivity contribution < 1.29 is 4.79 Å². The standard InChI is InChI=1S/C20H21BrN6O2S/c1-2-27-19(29)15-11-14(21)3-4-16(15)24-20(27)30-13-18(28)26-9-7-25(8-10-26)17-12-22-5-6-23-17/h3-6,11-12H,2,7-10,13H2,1H3. The molecule has 3 aromatic rings. The van der Waals surface area contributed by atoms with Crippen molar-refractivity contribution in [2.75, 3.05) is 36.8 Å². The predicted octanol–water partition coefficient (Wildman–Crippen LogP) is 2.41. The molecule has 0 radical (unpaired) electrons. The average Bonchev–Trinajstić information content (AvgIpc) is 2.79. The van der Waals surface area contributed by atoms with Crippen LogP contribution in [0, 0.1) is 0 Å². The van der Waals surface area contributed by atoms with Gasteiger partial charge in [0.15, 0.2) is 5.16 Å². The third-order valence-electron chi connectivity index (χ3n) is 5.03. The van der Waals surface area contributed by atoms with E-state index >= 15 is 0 Å². The Morgan fingerprint density at radius 1 is 1.20 bits per heavy atom. The topological polar surface area (TPSA) is 84.2 Å². The van der Waals surface area contributed by atoms with Gasteiger partial charge in [0, 0.05) is 49.6 Å². The van der Waals surface area contributed by atoms with Crippen LogP contribution in [0.5, 0.6) is 0 Å². The fraction of sp³-hybridized carbons (Fsp3) is 0.350. The Kier molecular flexibility index (Phi) is 6.33. The van der Waals surface area contributed by atoms with Gasteiger partial charge in [0.1, 0.15) is 5.82 Å². The lowest BCUT2D eigenvalue weighted by Crippen LogP contribution is -2.49. The van der Waals surface area contributed by atoms with Crippen molar-refractivity contribution in [2.45, 2.75) is 18.6 Å². The van der Waals surface area contributed by atoms with Crippen LogP contribution >= 0.6 is 27.7 Å². The van der Waals surface area contributed by atoms with Crippen LogP contribution in [-0.2, 0) is 11.3 Å². The maximum Gasteiger partial charge on any atom is 0.262 e. The van der Waals surface area contributed by atoms with E-state index in [0.717, 1.165) is 23.4 Å². The van der Waals surface area contributed by atoms with E-state index in [9.17, 15) is 9.59 Å². The van der Waals surface area contributed by atoms with Gasteiger partial charge in [0.05, 0.1) is 22.9 Å². The van der Waals surface area contributed by atoms with Gasteiger partial charge in [-0.15, -0.1) is 0 Å². The van der Waals surface area contributed by atoms with E-state index in [-0.39, 0.29) is 17.2 Å². The minimum absolute atomic E-state index is 0.0478. The molecule has 0 bridgehead atoms. The Bertz CT molecular complexity index is 1120. The molecule has 156 valence electrons. The first-order chi connectivity index (χ1) is 14.6. The van der Waals surface area contributed by atoms with Crippen LogP contribution < -0.4 is 10.5 Å². The molecular weight excluding hydrogens is 468 g/mol. The van der Waals surface area contributed by atoms with Gasteiger partial charge < -0.3 is 9.80 Å². The highest BCUT2D eigenvalue weighted by Crippen LogP contribution is 2.21. The van der Waals surface area contributed by atoms with Crippen molar-refractivity contribution in [3.05, 3.63) is 51.6 Å². The minimum Gasteiger partial charge on any atom is -0.352 e. The second kappa shape index (κ2) is 9.13. The Labute approximate surface area is 186 Å². The number of benzene rings is 1. The minimum atomic E-state index is -0.0867. The zero-order chi connectivity index (χ0) is 21.1. The van der Waals surface area contributed by atoms with Crippen LogP contribution in [-0.4, -0.2) is 62.3 Å². The van der Waals surface area contributed by atoms with Gasteiger partial charge in [-0.05, 0) is 25.1 Å². The molecule has 0 N–H and O–H groups in total. The number of fused-ring (bicyclic) bond motifs is 1. The summed E-state index contributed by atoms with van der Waals surface area (Å²) in [6, 6.07) is 5.46. The summed E-state index contributed by atoms with van der Waals surface area (Å²) in [6.45, 7) is 5.12. The van der Waals surface area contributed by atoms with E-state index in [2.05, 4.69) is 35.8 Å². The molecular formula is C20H21BrN6O2S. The molecule has 8 nitrogen and oxygen atoms in total. The molecule has 1 aliphatic heterocycles. The monoisotopic (exact) mass is 488 g/mol. The summed E-state index contributed by atoms with van der Waals surface area (Å²) in [4.78, 5) is 42.6. The third-order valence-corrected chi connectivity index (χ3v) is 6.48. The molecule has 0 atom stereocenters. The summed E-state index contributed by atoms with van der Waals surface area (Å²) >= 11 is 4.72. The van der Waals surface area contributed by atoms with E-state index in [1.165, 1.54) is 11.8 Å². The number of carbonyl (C=O) groups is 1. The van der Waals surface area contributed by atoms with Crippen molar-refractivity contribution in [3.8, 4) is 0 Å². The first kappa shape index (κ1) is 20.8. The van der Waals surface area contributed by atoms with Crippen LogP contribution in [0.2, 0.25) is 0 Å². The van der Waals surface area contributed by atoms with Crippen LogP contribution in [0.25, 0.3) is 10.9 Å². The summed E-state index contributed by atoms with van der Waals surface area (Å²) in [5, 5.41) is 1.14. The van der Waals surface area contributed by atoms with Crippen molar-refractivity contribution in [1.82, 2.24) is 24.4 Å². The second-order valence-corrected chi connectivity index (χ2v) is 8.68. The number of nitrogens with zero attached hydrogens (tertiary/aromatic N) is 6. The fourth-order valence-electron chi connectivity index (χ4n) is 3.42. The van der Waals surface area contributed by atoms with E-state index in [4.69, 9.17) is 0 Å². The number of amides is 1. The third kappa shape index (κ3) is 4.34. The van der Waals surface area contributed by atoms with Crippen LogP contribution in [0.15, 0.2) is 51.2 Å². The van der Waals surface area contributed by atoms with E-state index in [0.29, 0.717) is 35.7 Å². The molecule has 1 aromatic carbocycles. The summed E-state index contributed by atoms with van der Waals surface area (Å²) in [5.41, 5.74) is 0.553. The van der Waals surface area contributed by atoms with Gasteiger partial charge in [-0.1, -0.05) is 27.7 Å². The van der Waals surface area contributed by atoms with Crippen molar-refractivity contribution in [3.63, 3.8) is 0 Å². The molecule has 1 amide bonds. The first-order valence-electron chi connectivity index (χ1n) is 9.68. The molecule has 1 fully saturated rings. The largest absolute Gasteiger partial charge is 0.352 e. The lowest BCUT2D eigenvalue weighted by Gasteiger charge is -2.35. The first-order valence-corrected chi connectivity index (χ1v) is 11.5. The highest BCUT2D eigenvalue weighted by Gasteiger charge is 2.22. The number of piperazine rings is 1. The quantitative estimate of drug-likeness (QED) is 0.402. The average molecular weight is 489 g/mol. The number of carbonyl (C=O) groups excluding carboxylic acids is 1. The van der Waals surface area contributed by atoms with E-state index < -0.39 is 0 Å². The van der Waals surface area contributed by atoms with E-state index in [1.54, 1.807) is 29.2 Å². The molecule has 3 heterocycles. The van der Waals surface area contributed by atoms with Gasteiger partial charge in [-0.2, -0.15) is 0 Å². The molecule has 1 aliphatic rings. The van der Waals surface area contributed by atoms with Crippen molar-refractivity contribution in [1.29, 1.82) is 0 Å². The predicted molar refractivity (Wildman–Crippen MR) is 121 cm³/mol. The molecule has 0 aliphatic carbocycles. The summed E-state index contributed by atoms with van der Waals surface area (Å²) in [7, 11) is 0. The van der Waals surface area contributed by atoms with Gasteiger partial charge >= 0.3 is 0 Å². The van der Waals surface area contributed by atoms with Crippen LogP contribution in [0.3, 0.4) is 0 Å². The fourth-order valence-corrected chi connectivity index (χ4v) is 4.75. The van der Waals surface area contributed by atoms with Crippen molar-refractivity contribution in [2.24, 2.45) is 0 Å². The smallest absolute Gasteiger partial charge is 0.262 e. The highest BCUT2D eigenvalue weighted by atomic mass is 79.9. The number of aromatic nitrogens is 4. The number of hydrogen-bond acceptors (Lipinski definition) is 7. The zero-order valence-electron chi connectivity index (χ0n) is 16.5.